The van der Waals surface area contributed by atoms with E-state index < -0.39 is 0 Å². The Bertz CT molecular complexity index is 529. The van der Waals surface area contributed by atoms with Crippen LogP contribution >= 0.6 is 0 Å². The minimum atomic E-state index is 0.546. The summed E-state index contributed by atoms with van der Waals surface area (Å²) in [6, 6.07) is 15.1. The quantitative estimate of drug-likeness (QED) is 0.622. The Morgan fingerprint density at radius 3 is 2.40 bits per heavy atom. The molecule has 0 aliphatic rings. The van der Waals surface area contributed by atoms with Crippen LogP contribution in [-0.2, 0) is 0 Å². The SMILES string of the molecule is COc1ccc(N)c(OCCCOc2ccccc2)c1. The van der Waals surface area contributed by atoms with Crippen molar-refractivity contribution in [1.29, 1.82) is 0 Å². The smallest absolute Gasteiger partial charge is 0.145 e. The molecule has 0 atom stereocenters. The highest BCUT2D eigenvalue weighted by Crippen LogP contribution is 2.26. The van der Waals surface area contributed by atoms with E-state index in [9.17, 15) is 0 Å². The topological polar surface area (TPSA) is 53.7 Å². The number of hydrogen-bond donors (Lipinski definition) is 1. The number of para-hydroxylation sites is 1. The highest BCUT2D eigenvalue weighted by atomic mass is 16.5. The van der Waals surface area contributed by atoms with Crippen LogP contribution in [0, 0.1) is 0 Å². The summed E-state index contributed by atoms with van der Waals surface area (Å²) in [5.41, 5.74) is 6.44. The number of methoxy groups -OCH3 is 1. The Hall–Kier alpha value is -2.36. The van der Waals surface area contributed by atoms with Crippen molar-refractivity contribution in [3.05, 3.63) is 48.5 Å². The molecule has 0 unspecified atom stereocenters. The van der Waals surface area contributed by atoms with Crippen molar-refractivity contribution in [2.45, 2.75) is 6.42 Å². The van der Waals surface area contributed by atoms with Gasteiger partial charge in [0.15, 0.2) is 0 Å². The highest BCUT2D eigenvalue weighted by molar-refractivity contribution is 5.55. The van der Waals surface area contributed by atoms with E-state index in [2.05, 4.69) is 0 Å². The molecule has 106 valence electrons. The zero-order valence-corrected chi connectivity index (χ0v) is 11.5. The molecule has 4 nitrogen and oxygen atoms in total. The zero-order chi connectivity index (χ0) is 14.2. The molecule has 0 saturated heterocycles. The van der Waals surface area contributed by atoms with Gasteiger partial charge in [-0.2, -0.15) is 0 Å². The fourth-order valence-electron chi connectivity index (χ4n) is 1.71. The van der Waals surface area contributed by atoms with Crippen molar-refractivity contribution in [3.63, 3.8) is 0 Å². The van der Waals surface area contributed by atoms with E-state index in [0.717, 1.165) is 17.9 Å². The van der Waals surface area contributed by atoms with Crippen molar-refractivity contribution >= 4 is 5.69 Å². The average molecular weight is 273 g/mol. The second kappa shape index (κ2) is 7.28. The predicted octanol–water partition coefficient (Wildman–Crippen LogP) is 3.13. The van der Waals surface area contributed by atoms with Crippen molar-refractivity contribution < 1.29 is 14.2 Å². The van der Waals surface area contributed by atoms with Gasteiger partial charge in [-0.15, -0.1) is 0 Å². The molecule has 2 aromatic rings. The summed E-state index contributed by atoms with van der Waals surface area (Å²) in [6.07, 6.45) is 0.783. The van der Waals surface area contributed by atoms with Gasteiger partial charge in [0, 0.05) is 12.5 Å². The third kappa shape index (κ3) is 4.09. The van der Waals surface area contributed by atoms with E-state index in [1.54, 1.807) is 25.3 Å². The first-order chi connectivity index (χ1) is 9.79. The summed E-state index contributed by atoms with van der Waals surface area (Å²) in [6.45, 7) is 1.15. The van der Waals surface area contributed by atoms with Crippen LogP contribution in [0.2, 0.25) is 0 Å². The van der Waals surface area contributed by atoms with Gasteiger partial charge in [0.05, 0.1) is 26.0 Å². The van der Waals surface area contributed by atoms with Crippen LogP contribution in [0.3, 0.4) is 0 Å². The fourth-order valence-corrected chi connectivity index (χ4v) is 1.71. The zero-order valence-electron chi connectivity index (χ0n) is 11.5. The molecule has 0 amide bonds. The molecule has 0 fully saturated rings. The predicted molar refractivity (Wildman–Crippen MR) is 79.5 cm³/mol. The summed E-state index contributed by atoms with van der Waals surface area (Å²) in [4.78, 5) is 0. The van der Waals surface area contributed by atoms with E-state index in [4.69, 9.17) is 19.9 Å². The Balaban J connectivity index is 1.73. The monoisotopic (exact) mass is 273 g/mol. The van der Waals surface area contributed by atoms with Gasteiger partial charge in [0.2, 0.25) is 0 Å². The first-order valence-electron chi connectivity index (χ1n) is 6.54. The molecule has 2 N–H and O–H groups in total. The van der Waals surface area contributed by atoms with Crippen LogP contribution in [0.15, 0.2) is 48.5 Å². The summed E-state index contributed by atoms with van der Waals surface area (Å²) in [5.74, 6) is 2.24. The van der Waals surface area contributed by atoms with E-state index in [0.29, 0.717) is 24.7 Å². The number of hydrogen-bond acceptors (Lipinski definition) is 4. The van der Waals surface area contributed by atoms with Gasteiger partial charge in [0.25, 0.3) is 0 Å². The van der Waals surface area contributed by atoms with Gasteiger partial charge in [-0.3, -0.25) is 0 Å². The van der Waals surface area contributed by atoms with Crippen LogP contribution < -0.4 is 19.9 Å². The van der Waals surface area contributed by atoms with E-state index in [-0.39, 0.29) is 0 Å². The van der Waals surface area contributed by atoms with Crippen LogP contribution in [0.5, 0.6) is 17.2 Å². The fraction of sp³-hybridized carbons (Fsp3) is 0.250. The van der Waals surface area contributed by atoms with Crippen molar-refractivity contribution in [2.75, 3.05) is 26.1 Å². The van der Waals surface area contributed by atoms with Gasteiger partial charge in [-0.05, 0) is 24.3 Å². The Morgan fingerprint density at radius 1 is 0.900 bits per heavy atom. The van der Waals surface area contributed by atoms with Crippen LogP contribution in [0.25, 0.3) is 0 Å². The van der Waals surface area contributed by atoms with E-state index in [1.807, 2.05) is 30.3 Å². The largest absolute Gasteiger partial charge is 0.497 e. The maximum Gasteiger partial charge on any atom is 0.145 e. The minimum absolute atomic E-state index is 0.546. The van der Waals surface area contributed by atoms with Gasteiger partial charge in [-0.1, -0.05) is 18.2 Å². The van der Waals surface area contributed by atoms with E-state index >= 15 is 0 Å². The standard InChI is InChI=1S/C16H19NO3/c1-18-14-8-9-15(17)16(12-14)20-11-5-10-19-13-6-3-2-4-7-13/h2-4,6-9,12H,5,10-11,17H2,1H3. The number of nitrogen functional groups attached to an aromatic ring is 1. The lowest BCUT2D eigenvalue weighted by Crippen LogP contribution is -2.06. The first kappa shape index (κ1) is 14.1. The lowest BCUT2D eigenvalue weighted by molar-refractivity contribution is 0.247. The highest BCUT2D eigenvalue weighted by Gasteiger charge is 2.02. The minimum Gasteiger partial charge on any atom is -0.497 e. The summed E-state index contributed by atoms with van der Waals surface area (Å²) < 4.78 is 16.4. The maximum absolute atomic E-state index is 5.84. The Kier molecular flexibility index (Phi) is 5.12. The third-order valence-electron chi connectivity index (χ3n) is 2.78. The third-order valence-corrected chi connectivity index (χ3v) is 2.78. The van der Waals surface area contributed by atoms with Crippen molar-refractivity contribution in [1.82, 2.24) is 0 Å². The second-order valence-corrected chi connectivity index (χ2v) is 4.27. The van der Waals surface area contributed by atoms with Crippen LogP contribution in [0.4, 0.5) is 5.69 Å². The molecule has 0 spiro atoms. The molecule has 0 heterocycles. The number of benzene rings is 2. The molecule has 20 heavy (non-hydrogen) atoms. The number of rotatable bonds is 7. The maximum atomic E-state index is 5.84. The molecule has 0 bridgehead atoms. The molecular formula is C16H19NO3. The molecule has 0 aromatic heterocycles. The number of ether oxygens (including phenoxy) is 3. The van der Waals surface area contributed by atoms with Gasteiger partial charge in [-0.25, -0.2) is 0 Å². The molecule has 0 radical (unpaired) electrons. The summed E-state index contributed by atoms with van der Waals surface area (Å²) in [5, 5.41) is 0. The normalized spacial score (nSPS) is 10.1. The number of nitrogens with two attached hydrogens (primary N) is 1. The van der Waals surface area contributed by atoms with Crippen LogP contribution in [-0.4, -0.2) is 20.3 Å². The van der Waals surface area contributed by atoms with Crippen molar-refractivity contribution in [2.24, 2.45) is 0 Å². The molecule has 2 aromatic carbocycles. The first-order valence-corrected chi connectivity index (χ1v) is 6.54. The molecule has 2 rings (SSSR count). The number of anilines is 1. The van der Waals surface area contributed by atoms with E-state index in [1.165, 1.54) is 0 Å². The average Bonchev–Trinajstić information content (AvgIpc) is 2.50. The van der Waals surface area contributed by atoms with Gasteiger partial charge in [0.1, 0.15) is 17.2 Å². The van der Waals surface area contributed by atoms with Gasteiger partial charge >= 0.3 is 0 Å². The summed E-state index contributed by atoms with van der Waals surface area (Å²) in [7, 11) is 1.61. The molecular weight excluding hydrogens is 254 g/mol. The lowest BCUT2D eigenvalue weighted by Gasteiger charge is -2.11. The van der Waals surface area contributed by atoms with Crippen LogP contribution in [0.1, 0.15) is 6.42 Å². The molecule has 0 aliphatic heterocycles. The molecule has 4 heteroatoms. The van der Waals surface area contributed by atoms with Gasteiger partial charge < -0.3 is 19.9 Å². The lowest BCUT2D eigenvalue weighted by atomic mass is 10.3. The molecule has 0 aliphatic carbocycles. The Morgan fingerprint density at radius 2 is 1.65 bits per heavy atom. The Labute approximate surface area is 119 Å². The summed E-state index contributed by atoms with van der Waals surface area (Å²) >= 11 is 0. The van der Waals surface area contributed by atoms with Crippen molar-refractivity contribution in [3.8, 4) is 17.2 Å². The second-order valence-electron chi connectivity index (χ2n) is 4.27. The molecule has 0 saturated carbocycles.